The van der Waals surface area contributed by atoms with Gasteiger partial charge in [-0.2, -0.15) is 0 Å². The van der Waals surface area contributed by atoms with Crippen molar-refractivity contribution < 1.29 is 9.59 Å². The van der Waals surface area contributed by atoms with Crippen molar-refractivity contribution in [3.8, 4) is 0 Å². The van der Waals surface area contributed by atoms with Crippen molar-refractivity contribution in [1.29, 1.82) is 0 Å². The molecule has 0 aliphatic rings. The fourth-order valence-corrected chi connectivity index (χ4v) is 2.19. The zero-order chi connectivity index (χ0) is 15.1. The van der Waals surface area contributed by atoms with Gasteiger partial charge in [0.25, 0.3) is 0 Å². The molecule has 0 saturated heterocycles. The summed E-state index contributed by atoms with van der Waals surface area (Å²) in [6, 6.07) is 5.21. The highest BCUT2D eigenvalue weighted by Gasteiger charge is 2.09. The number of nitrogen functional groups attached to an aromatic ring is 1. The molecule has 3 amide bonds. The van der Waals surface area contributed by atoms with Gasteiger partial charge in [-0.3, -0.25) is 10.1 Å². The number of nitrogens with one attached hydrogen (secondary N) is 2. The van der Waals surface area contributed by atoms with E-state index >= 15 is 0 Å². The molecule has 0 fully saturated rings. The number of anilines is 1. The third-order valence-electron chi connectivity index (χ3n) is 2.45. The summed E-state index contributed by atoms with van der Waals surface area (Å²) in [5.74, 6) is 0.163. The molecule has 1 aromatic carbocycles. The maximum absolute atomic E-state index is 11.6. The zero-order valence-corrected chi connectivity index (χ0v) is 12.8. The molecule has 0 heterocycles. The Kier molecular flexibility index (Phi) is 6.38. The van der Waals surface area contributed by atoms with Crippen molar-refractivity contribution in [1.82, 2.24) is 10.6 Å². The molecule has 0 unspecified atom stereocenters. The van der Waals surface area contributed by atoms with Gasteiger partial charge >= 0.3 is 6.03 Å². The molecule has 0 aromatic heterocycles. The summed E-state index contributed by atoms with van der Waals surface area (Å²) in [5.41, 5.74) is 7.58. The molecule has 1 rings (SSSR count). The quantitative estimate of drug-likeness (QED) is 0.574. The lowest BCUT2D eigenvalue weighted by Gasteiger charge is -2.09. The van der Waals surface area contributed by atoms with Crippen molar-refractivity contribution in [3.63, 3.8) is 0 Å². The molecule has 5 nitrogen and oxygen atoms in total. The number of hydrogen-bond acceptors (Lipinski definition) is 4. The number of hydrogen-bond donors (Lipinski definition) is 3. The van der Waals surface area contributed by atoms with Crippen LogP contribution in [-0.4, -0.2) is 24.2 Å². The molecule has 0 atom stereocenters. The average molecular weight is 295 g/mol. The minimum Gasteiger partial charge on any atom is -0.398 e. The number of thioether (sulfide) groups is 1. The predicted octanol–water partition coefficient (Wildman–Crippen LogP) is 2.15. The van der Waals surface area contributed by atoms with E-state index in [1.807, 2.05) is 39.0 Å². The van der Waals surface area contributed by atoms with Crippen LogP contribution in [0.5, 0.6) is 0 Å². The summed E-state index contributed by atoms with van der Waals surface area (Å²) >= 11 is 1.31. The molecule has 6 heteroatoms. The van der Waals surface area contributed by atoms with E-state index in [2.05, 4.69) is 10.6 Å². The van der Waals surface area contributed by atoms with Crippen molar-refractivity contribution >= 4 is 29.4 Å². The normalized spacial score (nSPS) is 10.4. The maximum Gasteiger partial charge on any atom is 0.321 e. The van der Waals surface area contributed by atoms with Crippen LogP contribution in [0.25, 0.3) is 0 Å². The first-order valence-electron chi connectivity index (χ1n) is 6.45. The Bertz CT molecular complexity index is 489. The lowest BCUT2D eigenvalue weighted by Crippen LogP contribution is -2.41. The Morgan fingerprint density at radius 2 is 2.05 bits per heavy atom. The maximum atomic E-state index is 11.6. The zero-order valence-electron chi connectivity index (χ0n) is 12.0. The molecule has 4 N–H and O–H groups in total. The van der Waals surface area contributed by atoms with Crippen molar-refractivity contribution in [2.24, 2.45) is 5.92 Å². The summed E-state index contributed by atoms with van der Waals surface area (Å²) in [6.07, 6.45) is 0. The fourth-order valence-electron chi connectivity index (χ4n) is 1.45. The molecule has 0 bridgehead atoms. The van der Waals surface area contributed by atoms with Gasteiger partial charge in [0.2, 0.25) is 5.91 Å². The Hall–Kier alpha value is -1.69. The van der Waals surface area contributed by atoms with Crippen LogP contribution in [0.4, 0.5) is 10.5 Å². The van der Waals surface area contributed by atoms with Gasteiger partial charge in [-0.25, -0.2) is 4.79 Å². The minimum absolute atomic E-state index is 0.155. The third kappa shape index (κ3) is 5.97. The monoisotopic (exact) mass is 295 g/mol. The van der Waals surface area contributed by atoms with Crippen LogP contribution in [0.2, 0.25) is 0 Å². The largest absolute Gasteiger partial charge is 0.398 e. The van der Waals surface area contributed by atoms with Gasteiger partial charge in [-0.05, 0) is 30.5 Å². The van der Waals surface area contributed by atoms with Crippen LogP contribution >= 0.6 is 11.8 Å². The highest BCUT2D eigenvalue weighted by Crippen LogP contribution is 2.25. The van der Waals surface area contributed by atoms with E-state index in [-0.39, 0.29) is 11.7 Å². The van der Waals surface area contributed by atoms with Gasteiger partial charge < -0.3 is 11.1 Å². The third-order valence-corrected chi connectivity index (χ3v) is 3.54. The predicted molar refractivity (Wildman–Crippen MR) is 82.7 cm³/mol. The van der Waals surface area contributed by atoms with Crippen LogP contribution < -0.4 is 16.4 Å². The average Bonchev–Trinajstić information content (AvgIpc) is 2.35. The lowest BCUT2D eigenvalue weighted by atomic mass is 10.2. The van der Waals surface area contributed by atoms with Crippen molar-refractivity contribution in [2.45, 2.75) is 25.7 Å². The smallest absolute Gasteiger partial charge is 0.321 e. The molecule has 1 aromatic rings. The standard InChI is InChI=1S/C14H21N3O2S/c1-9(2)7-16-14(19)17-13(18)8-20-12-5-4-10(3)6-11(12)15/h4-6,9H,7-8,15H2,1-3H3,(H2,16,17,18,19). The first kappa shape index (κ1) is 16.4. The van der Waals surface area contributed by atoms with E-state index < -0.39 is 6.03 Å². The van der Waals surface area contributed by atoms with Crippen LogP contribution in [-0.2, 0) is 4.79 Å². The number of nitrogens with two attached hydrogens (primary N) is 1. The summed E-state index contributed by atoms with van der Waals surface area (Å²) in [5, 5.41) is 4.91. The second-order valence-corrected chi connectivity index (χ2v) is 6.00. The number of urea groups is 1. The van der Waals surface area contributed by atoms with E-state index in [9.17, 15) is 9.59 Å². The first-order valence-corrected chi connectivity index (χ1v) is 7.43. The Balaban J connectivity index is 2.38. The Morgan fingerprint density at radius 1 is 1.35 bits per heavy atom. The van der Waals surface area contributed by atoms with E-state index in [0.29, 0.717) is 18.2 Å². The van der Waals surface area contributed by atoms with Gasteiger partial charge in [-0.15, -0.1) is 11.8 Å². The number of carbonyl (C=O) groups excluding carboxylic acids is 2. The molecule has 0 aliphatic heterocycles. The Morgan fingerprint density at radius 3 is 2.65 bits per heavy atom. The number of carbonyl (C=O) groups is 2. The molecule has 0 spiro atoms. The number of benzene rings is 1. The number of imide groups is 1. The number of aryl methyl sites for hydroxylation is 1. The highest BCUT2D eigenvalue weighted by molar-refractivity contribution is 8.00. The minimum atomic E-state index is -0.457. The molecule has 0 aliphatic carbocycles. The van der Waals surface area contributed by atoms with Gasteiger partial charge in [0, 0.05) is 17.1 Å². The first-order chi connectivity index (χ1) is 9.38. The summed E-state index contributed by atoms with van der Waals surface area (Å²) in [4.78, 5) is 23.9. The molecule has 110 valence electrons. The lowest BCUT2D eigenvalue weighted by molar-refractivity contribution is -0.117. The van der Waals surface area contributed by atoms with Gasteiger partial charge in [-0.1, -0.05) is 19.9 Å². The second-order valence-electron chi connectivity index (χ2n) is 4.98. The molecule has 20 heavy (non-hydrogen) atoms. The summed E-state index contributed by atoms with van der Waals surface area (Å²) in [6.45, 7) is 6.46. The molecular weight excluding hydrogens is 274 g/mol. The van der Waals surface area contributed by atoms with Gasteiger partial charge in [0.15, 0.2) is 0 Å². The topological polar surface area (TPSA) is 84.2 Å². The summed E-state index contributed by atoms with van der Waals surface area (Å²) < 4.78 is 0. The number of amides is 3. The Labute approximate surface area is 123 Å². The molecular formula is C14H21N3O2S. The van der Waals surface area contributed by atoms with Crippen LogP contribution in [0.3, 0.4) is 0 Å². The van der Waals surface area contributed by atoms with Crippen molar-refractivity contribution in [3.05, 3.63) is 23.8 Å². The SMILES string of the molecule is Cc1ccc(SCC(=O)NC(=O)NCC(C)C)c(N)c1. The van der Waals surface area contributed by atoms with Crippen LogP contribution in [0.15, 0.2) is 23.1 Å². The van der Waals surface area contributed by atoms with E-state index in [4.69, 9.17) is 5.73 Å². The molecule has 0 radical (unpaired) electrons. The summed E-state index contributed by atoms with van der Waals surface area (Å²) in [7, 11) is 0. The second kappa shape index (κ2) is 7.79. The van der Waals surface area contributed by atoms with Gasteiger partial charge in [0.1, 0.15) is 0 Å². The van der Waals surface area contributed by atoms with Crippen LogP contribution in [0.1, 0.15) is 19.4 Å². The highest BCUT2D eigenvalue weighted by atomic mass is 32.2. The molecule has 0 saturated carbocycles. The van der Waals surface area contributed by atoms with E-state index in [1.54, 1.807) is 0 Å². The van der Waals surface area contributed by atoms with Crippen molar-refractivity contribution in [2.75, 3.05) is 18.0 Å². The fraction of sp³-hybridized carbons (Fsp3) is 0.429. The van der Waals surface area contributed by atoms with E-state index in [0.717, 1.165) is 10.5 Å². The van der Waals surface area contributed by atoms with Gasteiger partial charge in [0.05, 0.1) is 5.75 Å². The van der Waals surface area contributed by atoms with Crippen LogP contribution in [0, 0.1) is 12.8 Å². The van der Waals surface area contributed by atoms with E-state index in [1.165, 1.54) is 11.8 Å². The number of rotatable bonds is 5.